The molecule has 1 N–H and O–H groups in total. The quantitative estimate of drug-likeness (QED) is 0.922. The minimum atomic E-state index is -2.87. The van der Waals surface area contributed by atoms with Crippen molar-refractivity contribution in [1.29, 1.82) is 0 Å². The van der Waals surface area contributed by atoms with Crippen LogP contribution >= 0.6 is 0 Å². The first kappa shape index (κ1) is 14.5. The molecule has 19 heavy (non-hydrogen) atoms. The first-order valence-electron chi connectivity index (χ1n) is 6.84. The Kier molecular flexibility index (Phi) is 4.02. The highest BCUT2D eigenvalue weighted by Gasteiger charge is 2.40. The van der Waals surface area contributed by atoms with Crippen LogP contribution in [0.5, 0.6) is 0 Å². The normalized spacial score (nSPS) is 27.6. The molecule has 2 unspecified atom stereocenters. The molecule has 1 saturated heterocycles. The van der Waals surface area contributed by atoms with E-state index in [1.165, 1.54) is 5.56 Å². The third kappa shape index (κ3) is 3.57. The van der Waals surface area contributed by atoms with E-state index in [0.29, 0.717) is 18.1 Å². The molecule has 1 heterocycles. The largest absolute Gasteiger partial charge is 0.303 e. The Bertz CT molecular complexity index is 524. The van der Waals surface area contributed by atoms with Crippen molar-refractivity contribution in [1.82, 2.24) is 5.32 Å². The summed E-state index contributed by atoms with van der Waals surface area (Å²) in [6, 6.07) is 10.5. The lowest BCUT2D eigenvalue weighted by Crippen LogP contribution is -2.46. The predicted molar refractivity (Wildman–Crippen MR) is 78.8 cm³/mol. The zero-order valence-electron chi connectivity index (χ0n) is 11.9. The first-order chi connectivity index (χ1) is 8.81. The van der Waals surface area contributed by atoms with Gasteiger partial charge in [0, 0.05) is 11.6 Å². The van der Waals surface area contributed by atoms with Crippen molar-refractivity contribution in [3.63, 3.8) is 0 Å². The summed E-state index contributed by atoms with van der Waals surface area (Å²) in [4.78, 5) is 0. The Morgan fingerprint density at radius 1 is 1.21 bits per heavy atom. The van der Waals surface area contributed by atoms with Crippen molar-refractivity contribution in [3.05, 3.63) is 35.9 Å². The Morgan fingerprint density at radius 2 is 1.84 bits per heavy atom. The van der Waals surface area contributed by atoms with Crippen LogP contribution in [0, 0.1) is 5.92 Å². The Hall–Kier alpha value is -0.870. The van der Waals surface area contributed by atoms with Crippen molar-refractivity contribution in [3.8, 4) is 0 Å². The molecule has 0 spiro atoms. The molecule has 3 nitrogen and oxygen atoms in total. The van der Waals surface area contributed by atoms with Gasteiger partial charge in [-0.25, -0.2) is 8.42 Å². The molecular formula is C15H23NO2S. The van der Waals surface area contributed by atoms with Crippen molar-refractivity contribution in [2.24, 2.45) is 5.92 Å². The summed E-state index contributed by atoms with van der Waals surface area (Å²) in [5, 5.41) is 3.58. The van der Waals surface area contributed by atoms with E-state index in [9.17, 15) is 8.42 Å². The summed E-state index contributed by atoms with van der Waals surface area (Å²) in [6.45, 7) is 6.35. The highest BCUT2D eigenvalue weighted by Crippen LogP contribution is 2.30. The Balaban J connectivity index is 2.19. The first-order valence-corrected chi connectivity index (χ1v) is 8.67. The maximum atomic E-state index is 11.7. The molecule has 0 saturated carbocycles. The lowest BCUT2D eigenvalue weighted by atomic mass is 9.91. The van der Waals surface area contributed by atoms with Gasteiger partial charge in [-0.15, -0.1) is 0 Å². The summed E-state index contributed by atoms with van der Waals surface area (Å²) < 4.78 is 23.4. The molecule has 0 amide bonds. The average Bonchev–Trinajstić information content (AvgIpc) is 2.62. The van der Waals surface area contributed by atoms with Crippen LogP contribution in [0.25, 0.3) is 0 Å². The molecular weight excluding hydrogens is 258 g/mol. The molecule has 2 atom stereocenters. The summed E-state index contributed by atoms with van der Waals surface area (Å²) in [7, 11) is -2.87. The second kappa shape index (κ2) is 5.25. The van der Waals surface area contributed by atoms with Crippen molar-refractivity contribution in [2.45, 2.75) is 38.8 Å². The second-order valence-electron chi connectivity index (χ2n) is 6.18. The Labute approximate surface area is 116 Å². The maximum absolute atomic E-state index is 11.7. The highest BCUT2D eigenvalue weighted by atomic mass is 32.2. The van der Waals surface area contributed by atoms with Gasteiger partial charge in [0.2, 0.25) is 0 Å². The summed E-state index contributed by atoms with van der Waals surface area (Å²) in [5.41, 5.74) is 0.923. The van der Waals surface area contributed by atoms with Crippen LogP contribution in [0.4, 0.5) is 0 Å². The van der Waals surface area contributed by atoms with Crippen LogP contribution in [0.3, 0.4) is 0 Å². The van der Waals surface area contributed by atoms with Gasteiger partial charge in [-0.2, -0.15) is 0 Å². The summed E-state index contributed by atoms with van der Waals surface area (Å²) in [6.07, 6.45) is 0.700. The zero-order chi connectivity index (χ0) is 14.1. The molecule has 106 valence electrons. The van der Waals surface area contributed by atoms with Crippen LogP contribution in [0.1, 0.15) is 38.8 Å². The molecule has 1 aliphatic heterocycles. The molecule has 1 fully saturated rings. The van der Waals surface area contributed by atoms with E-state index < -0.39 is 9.84 Å². The van der Waals surface area contributed by atoms with Gasteiger partial charge in [0.15, 0.2) is 9.84 Å². The molecule has 1 aromatic carbocycles. The number of hydrogen-bond acceptors (Lipinski definition) is 3. The standard InChI is InChI=1S/C15H23NO2S/c1-12(2)14(13-7-5-4-6-8-13)16-15(3)9-10-19(17,18)11-15/h4-8,12,14,16H,9-11H2,1-3H3. The van der Waals surface area contributed by atoms with Crippen molar-refractivity contribution < 1.29 is 8.42 Å². The smallest absolute Gasteiger partial charge is 0.152 e. The lowest BCUT2D eigenvalue weighted by Gasteiger charge is -2.33. The molecule has 0 radical (unpaired) electrons. The number of rotatable bonds is 4. The fourth-order valence-corrected chi connectivity index (χ4v) is 4.90. The van der Waals surface area contributed by atoms with E-state index in [1.54, 1.807) is 0 Å². The van der Waals surface area contributed by atoms with E-state index in [2.05, 4.69) is 31.3 Å². The maximum Gasteiger partial charge on any atom is 0.152 e. The van der Waals surface area contributed by atoms with Gasteiger partial charge >= 0.3 is 0 Å². The van der Waals surface area contributed by atoms with Crippen LogP contribution in [-0.2, 0) is 9.84 Å². The SMILES string of the molecule is CC(C)C(NC1(C)CCS(=O)(=O)C1)c1ccccc1. The fraction of sp³-hybridized carbons (Fsp3) is 0.600. The van der Waals surface area contributed by atoms with E-state index in [4.69, 9.17) is 0 Å². The van der Waals surface area contributed by atoms with E-state index in [-0.39, 0.29) is 17.3 Å². The fourth-order valence-electron chi connectivity index (χ4n) is 2.79. The van der Waals surface area contributed by atoms with Gasteiger partial charge in [0.05, 0.1) is 11.5 Å². The Morgan fingerprint density at radius 3 is 2.32 bits per heavy atom. The zero-order valence-corrected chi connectivity index (χ0v) is 12.7. The van der Waals surface area contributed by atoms with Gasteiger partial charge in [-0.3, -0.25) is 0 Å². The molecule has 0 aromatic heterocycles. The van der Waals surface area contributed by atoms with Gasteiger partial charge in [0.1, 0.15) is 0 Å². The molecule has 0 aliphatic carbocycles. The minimum absolute atomic E-state index is 0.194. The van der Waals surface area contributed by atoms with Crippen LogP contribution in [0.2, 0.25) is 0 Å². The number of benzene rings is 1. The van der Waals surface area contributed by atoms with Crippen LogP contribution in [0.15, 0.2) is 30.3 Å². The van der Waals surface area contributed by atoms with Crippen LogP contribution in [-0.4, -0.2) is 25.5 Å². The molecule has 1 aliphatic rings. The minimum Gasteiger partial charge on any atom is -0.303 e. The van der Waals surface area contributed by atoms with Gasteiger partial charge < -0.3 is 5.32 Å². The lowest BCUT2D eigenvalue weighted by molar-refractivity contribution is 0.294. The van der Waals surface area contributed by atoms with Crippen LogP contribution < -0.4 is 5.32 Å². The van der Waals surface area contributed by atoms with Gasteiger partial charge in [0.25, 0.3) is 0 Å². The van der Waals surface area contributed by atoms with Gasteiger partial charge in [-0.05, 0) is 24.8 Å². The molecule has 0 bridgehead atoms. The van der Waals surface area contributed by atoms with Crippen molar-refractivity contribution >= 4 is 9.84 Å². The average molecular weight is 281 g/mol. The highest BCUT2D eigenvalue weighted by molar-refractivity contribution is 7.91. The summed E-state index contributed by atoms with van der Waals surface area (Å²) >= 11 is 0. The molecule has 4 heteroatoms. The van der Waals surface area contributed by atoms with E-state index in [1.807, 2.05) is 25.1 Å². The van der Waals surface area contributed by atoms with E-state index in [0.717, 1.165) is 0 Å². The van der Waals surface area contributed by atoms with E-state index >= 15 is 0 Å². The number of hydrogen-bond donors (Lipinski definition) is 1. The van der Waals surface area contributed by atoms with Crippen molar-refractivity contribution in [2.75, 3.05) is 11.5 Å². The predicted octanol–water partition coefficient (Wildman–Crippen LogP) is 2.55. The number of sulfone groups is 1. The third-order valence-corrected chi connectivity index (χ3v) is 5.74. The second-order valence-corrected chi connectivity index (χ2v) is 8.36. The third-order valence-electron chi connectivity index (χ3n) is 3.83. The molecule has 2 rings (SSSR count). The molecule has 1 aromatic rings. The summed E-state index contributed by atoms with van der Waals surface area (Å²) in [5.74, 6) is 0.967. The number of nitrogens with one attached hydrogen (secondary N) is 1. The monoisotopic (exact) mass is 281 g/mol. The van der Waals surface area contributed by atoms with Gasteiger partial charge in [-0.1, -0.05) is 44.2 Å². The topological polar surface area (TPSA) is 46.2 Å².